The highest BCUT2D eigenvalue weighted by Crippen LogP contribution is 2.32. The van der Waals surface area contributed by atoms with E-state index in [0.717, 1.165) is 111 Å². The zero-order chi connectivity index (χ0) is 69.2. The molecule has 12 aromatic rings. The molecule has 0 spiro atoms. The molecule has 0 fully saturated rings. The van der Waals surface area contributed by atoms with Crippen molar-refractivity contribution in [1.82, 2.24) is 85.6 Å². The molecule has 36 heteroatoms. The standard InChI is InChI=1S/C21H27N7O3SSi.C20H24BrN7O3SSi.C20H27N7O2SSi.2CH4/c1-14-11-28-17(15-9-23-27(12-15)13-31-6-7-33(3,4)5)10-22-20(28)19(24-14)25-18-8-16(26-32-18)21(29)30-2;1-30-20(29)14-7-17(32-26-14)25-18-19-22-9-15(28(19)11-16(21)24-18)13-8-23-27(10-13)12-31-5-6-33(2,3)4;1-14-10-27-17(15-8-22-26(11-15)13-29-5-6-31(2,3)4)9-21-20(27)19(23-14)24-18-7-16(12-28)25-30-18;;/h8-12H,6-7,13H2,1-5H3,(H,24,25);7-11H,5-6,12H2,1-4H3,(H,24,25);7-11,28H,5-6,12-13H2,1-4H3,(H,23,24);2*1H4. The largest absolute Gasteiger partial charge is 0.464 e. The minimum absolute atomic E-state index is 0. The third-order valence-electron chi connectivity index (χ3n) is 14.4. The molecule has 0 amide bonds. The van der Waals surface area contributed by atoms with Crippen molar-refractivity contribution in [3.05, 3.63) is 126 Å². The van der Waals surface area contributed by atoms with Crippen LogP contribution >= 0.6 is 50.5 Å². The van der Waals surface area contributed by atoms with Crippen molar-refractivity contribution < 1.29 is 38.4 Å². The van der Waals surface area contributed by atoms with Crippen LogP contribution in [-0.4, -0.2) is 161 Å². The maximum Gasteiger partial charge on any atom is 0.357 e. The molecule has 99 heavy (non-hydrogen) atoms. The van der Waals surface area contributed by atoms with Gasteiger partial charge < -0.3 is 44.7 Å². The highest BCUT2D eigenvalue weighted by atomic mass is 79.9. The minimum atomic E-state index is -1.12. The summed E-state index contributed by atoms with van der Waals surface area (Å²) in [6.45, 7) is 28.3. The topological polar surface area (TPSA) is 319 Å². The summed E-state index contributed by atoms with van der Waals surface area (Å²) in [5.41, 5.74) is 10.2. The molecule has 0 bridgehead atoms. The Hall–Kier alpha value is -8.31. The van der Waals surface area contributed by atoms with E-state index in [2.05, 4.69) is 149 Å². The number of aromatic nitrogens is 18. The number of methoxy groups -OCH3 is 2. The molecule has 0 radical (unpaired) electrons. The van der Waals surface area contributed by atoms with Gasteiger partial charge in [-0.3, -0.25) is 13.2 Å². The third kappa shape index (κ3) is 20.7. The van der Waals surface area contributed by atoms with Gasteiger partial charge in [-0.25, -0.2) is 53.5 Å². The van der Waals surface area contributed by atoms with E-state index in [4.69, 9.17) is 23.7 Å². The van der Waals surface area contributed by atoms with Crippen LogP contribution in [0.4, 0.5) is 32.5 Å². The maximum absolute atomic E-state index is 11.7. The fourth-order valence-electron chi connectivity index (χ4n) is 9.24. The minimum Gasteiger partial charge on any atom is -0.464 e. The van der Waals surface area contributed by atoms with Crippen LogP contribution in [0.3, 0.4) is 0 Å². The monoisotopic (exact) mass is 1520 g/mol. The molecule has 0 saturated heterocycles. The SMILES string of the molecule is C.C.COC(=O)c1cc(Nc2nc(Br)cn3c(-c4cnn(COCC[Si](C)(C)C)c4)cnc23)sn1.COC(=O)c1cc(Nc2nc(C)cn3c(-c4cnn(COCC[Si](C)(C)C)c4)cnc23)sn1.Cc1cn2c(-c3cnn(COCC[Si](C)(C)C)c3)cnc2c(Nc2cc(CO)ns2)n1. The van der Waals surface area contributed by atoms with Crippen LogP contribution < -0.4 is 16.0 Å². The third-order valence-corrected chi connectivity index (χ3v) is 22.0. The molecule has 12 aromatic heterocycles. The fraction of sp³-hybridized carbons (Fsp3) is 0.397. The second kappa shape index (κ2) is 33.7. The summed E-state index contributed by atoms with van der Waals surface area (Å²) in [5, 5.41) is 34.3. The number of aliphatic hydroxyl groups excluding tert-OH is 1. The van der Waals surface area contributed by atoms with E-state index in [1.165, 1.54) is 25.8 Å². The first-order chi connectivity index (χ1) is 46.3. The number of fused-ring (bicyclic) bond motifs is 3. The summed E-state index contributed by atoms with van der Waals surface area (Å²) in [6.07, 6.45) is 22.4. The van der Waals surface area contributed by atoms with Crippen LogP contribution in [0.15, 0.2) is 97.2 Å². The quantitative estimate of drug-likeness (QED) is 0.0211. The van der Waals surface area contributed by atoms with Gasteiger partial charge in [0.2, 0.25) is 0 Å². The Labute approximate surface area is 598 Å². The predicted octanol–water partition coefficient (Wildman–Crippen LogP) is 14.0. The number of aryl methyl sites for hydroxylation is 2. The van der Waals surface area contributed by atoms with Crippen molar-refractivity contribution in [3.63, 3.8) is 0 Å². The Morgan fingerprint density at radius 2 is 0.838 bits per heavy atom. The van der Waals surface area contributed by atoms with Gasteiger partial charge in [-0.15, -0.1) is 0 Å². The van der Waals surface area contributed by atoms with E-state index in [1.807, 2.05) is 76.6 Å². The average molecular weight is 1530 g/mol. The van der Waals surface area contributed by atoms with Crippen molar-refractivity contribution in [2.24, 2.45) is 0 Å². The van der Waals surface area contributed by atoms with Gasteiger partial charge in [0.1, 0.15) is 39.8 Å². The van der Waals surface area contributed by atoms with Gasteiger partial charge in [-0.2, -0.15) is 28.4 Å². The van der Waals surface area contributed by atoms with Gasteiger partial charge in [0.25, 0.3) is 0 Å². The molecular formula is C63H86BrN21O8S3Si3. The van der Waals surface area contributed by atoms with Crippen molar-refractivity contribution in [2.45, 2.75) is 133 Å². The first kappa shape index (κ1) is 76.4. The fourth-order valence-corrected chi connectivity index (χ4v) is 13.8. The molecule has 12 heterocycles. The van der Waals surface area contributed by atoms with E-state index < -0.39 is 36.2 Å². The van der Waals surface area contributed by atoms with E-state index >= 15 is 0 Å². The molecule has 29 nitrogen and oxygen atoms in total. The van der Waals surface area contributed by atoms with Crippen LogP contribution in [0.5, 0.6) is 0 Å². The van der Waals surface area contributed by atoms with E-state index in [-0.39, 0.29) is 32.8 Å². The lowest BCUT2D eigenvalue weighted by Crippen LogP contribution is -2.22. The van der Waals surface area contributed by atoms with Crippen LogP contribution in [0.2, 0.25) is 77.1 Å². The van der Waals surface area contributed by atoms with E-state index in [1.54, 1.807) is 57.0 Å². The van der Waals surface area contributed by atoms with Gasteiger partial charge >= 0.3 is 11.9 Å². The lowest BCUT2D eigenvalue weighted by Gasteiger charge is -2.15. The molecule has 528 valence electrons. The van der Waals surface area contributed by atoms with Crippen LogP contribution in [0, 0.1) is 13.8 Å². The van der Waals surface area contributed by atoms with Crippen LogP contribution in [-0.2, 0) is 50.5 Å². The molecule has 0 unspecified atom stereocenters. The summed E-state index contributed by atoms with van der Waals surface area (Å²) in [5.74, 6) is 0.769. The van der Waals surface area contributed by atoms with Crippen molar-refractivity contribution >= 4 is 136 Å². The Morgan fingerprint density at radius 1 is 0.495 bits per heavy atom. The maximum atomic E-state index is 11.7. The van der Waals surface area contributed by atoms with Gasteiger partial charge in [-0.1, -0.05) is 73.8 Å². The first-order valence-electron chi connectivity index (χ1n) is 30.8. The molecule has 0 aliphatic heterocycles. The normalized spacial score (nSPS) is 11.6. The van der Waals surface area contributed by atoms with E-state index in [0.29, 0.717) is 74.9 Å². The van der Waals surface area contributed by atoms with Crippen molar-refractivity contribution in [3.8, 4) is 33.8 Å². The van der Waals surface area contributed by atoms with Crippen molar-refractivity contribution in [1.29, 1.82) is 0 Å². The Bertz CT molecular complexity index is 4450. The van der Waals surface area contributed by atoms with Crippen LogP contribution in [0.1, 0.15) is 52.9 Å². The molecule has 0 saturated carbocycles. The zero-order valence-electron chi connectivity index (χ0n) is 56.2. The lowest BCUT2D eigenvalue weighted by molar-refractivity contribution is 0.0587. The Balaban J connectivity index is 0.000000187. The number of anilines is 6. The van der Waals surface area contributed by atoms with Gasteiger partial charge in [0.05, 0.1) is 92.2 Å². The summed E-state index contributed by atoms with van der Waals surface area (Å²) < 4.78 is 51.1. The number of rotatable bonds is 27. The van der Waals surface area contributed by atoms with E-state index in [9.17, 15) is 14.7 Å². The molecule has 0 aromatic carbocycles. The number of carbonyl (C=O) groups is 2. The summed E-state index contributed by atoms with van der Waals surface area (Å²) in [6, 6.07) is 8.43. The molecule has 0 aliphatic rings. The highest BCUT2D eigenvalue weighted by molar-refractivity contribution is 9.10. The lowest BCUT2D eigenvalue weighted by atomic mass is 10.3. The summed E-state index contributed by atoms with van der Waals surface area (Å²) >= 11 is 7.04. The predicted molar refractivity (Wildman–Crippen MR) is 400 cm³/mol. The number of imidazole rings is 3. The van der Waals surface area contributed by atoms with Crippen LogP contribution in [0.25, 0.3) is 50.7 Å². The summed E-state index contributed by atoms with van der Waals surface area (Å²) in [7, 11) is -0.682. The number of hydrogen-bond acceptors (Lipinski definition) is 26. The number of halogens is 1. The summed E-state index contributed by atoms with van der Waals surface area (Å²) in [4.78, 5) is 50.7. The number of nitrogens with one attached hydrogen (secondary N) is 3. The molecule has 0 aliphatic carbocycles. The Kier molecular flexibility index (Phi) is 26.0. The second-order valence-electron chi connectivity index (χ2n) is 26.1. The number of hydrogen-bond donors (Lipinski definition) is 4. The molecule has 0 atom stereocenters. The van der Waals surface area contributed by atoms with Crippen molar-refractivity contribution in [2.75, 3.05) is 50.0 Å². The number of carbonyl (C=O) groups excluding carboxylic acids is 2. The number of aliphatic hydroxyl groups is 1. The smallest absolute Gasteiger partial charge is 0.357 e. The zero-order valence-corrected chi connectivity index (χ0v) is 63.2. The Morgan fingerprint density at radius 3 is 1.18 bits per heavy atom. The van der Waals surface area contributed by atoms with Gasteiger partial charge in [0.15, 0.2) is 45.8 Å². The van der Waals surface area contributed by atoms with Gasteiger partial charge in [-0.05, 0) is 88.6 Å². The molecular weight excluding hydrogens is 1440 g/mol. The average Bonchev–Trinajstić information content (AvgIpc) is 1.65. The second-order valence-corrected chi connectivity index (χ2v) is 46.2. The number of esters is 2. The number of nitrogens with zero attached hydrogens (tertiary/aromatic N) is 18. The highest BCUT2D eigenvalue weighted by Gasteiger charge is 2.22. The molecule has 12 rings (SSSR count). The first-order valence-corrected chi connectivity index (χ1v) is 45.0. The van der Waals surface area contributed by atoms with Gasteiger partial charge in [0, 0.05) is 110 Å². The number of ether oxygens (including phenoxy) is 5. The molecule has 4 N–H and O–H groups in total.